The molecule has 0 aromatic heterocycles. The Balaban J connectivity index is 4.90. The predicted octanol–water partition coefficient (Wildman–Crippen LogP) is 4.33. The Morgan fingerprint density at radius 2 is 1.65 bits per heavy atom. The van der Waals surface area contributed by atoms with Crippen LogP contribution in [0.2, 0.25) is 0 Å². The van der Waals surface area contributed by atoms with Gasteiger partial charge in [-0.3, -0.25) is 4.99 Å². The molecule has 0 saturated carbocycles. The normalized spacial score (nSPS) is 16.1. The molecule has 1 unspecified atom stereocenters. The number of hydrogen-bond acceptors (Lipinski definition) is 2. The Labute approximate surface area is 108 Å². The summed E-state index contributed by atoms with van der Waals surface area (Å²) in [5.41, 5.74) is 1.65. The number of hydrogen-bond donors (Lipinski definition) is 0. The lowest BCUT2D eigenvalue weighted by molar-refractivity contribution is 0.00902. The van der Waals surface area contributed by atoms with Crippen molar-refractivity contribution >= 4 is 5.71 Å². The summed E-state index contributed by atoms with van der Waals surface area (Å²) in [6.45, 7) is 13.5. The molecule has 0 N–H and O–H groups in total. The molecule has 0 aromatic rings. The molecule has 1 atom stereocenters. The van der Waals surface area contributed by atoms with Crippen LogP contribution >= 0.6 is 0 Å². The lowest BCUT2D eigenvalue weighted by atomic mass is 9.76. The first-order chi connectivity index (χ1) is 7.75. The lowest BCUT2D eigenvalue weighted by Crippen LogP contribution is -2.36. The second-order valence-corrected chi connectivity index (χ2v) is 6.18. The minimum Gasteiger partial charge on any atom is -0.381 e. The van der Waals surface area contributed by atoms with Crippen LogP contribution in [0.1, 0.15) is 60.8 Å². The number of methoxy groups -OCH3 is 1. The van der Waals surface area contributed by atoms with E-state index < -0.39 is 0 Å². The highest BCUT2D eigenvalue weighted by atomic mass is 16.5. The van der Waals surface area contributed by atoms with Crippen molar-refractivity contribution in [3.05, 3.63) is 0 Å². The third-order valence-electron chi connectivity index (χ3n) is 4.38. The average molecular weight is 241 g/mol. The predicted molar refractivity (Wildman–Crippen MR) is 76.9 cm³/mol. The van der Waals surface area contributed by atoms with Gasteiger partial charge in [0.05, 0.1) is 6.10 Å². The molecule has 0 radical (unpaired) electrons. The molecule has 0 bridgehead atoms. The van der Waals surface area contributed by atoms with E-state index in [1.54, 1.807) is 0 Å². The van der Waals surface area contributed by atoms with Gasteiger partial charge in [-0.2, -0.15) is 0 Å². The molecule has 0 fully saturated rings. The van der Waals surface area contributed by atoms with Gasteiger partial charge in [-0.05, 0) is 18.3 Å². The van der Waals surface area contributed by atoms with Crippen LogP contribution in [-0.2, 0) is 4.74 Å². The summed E-state index contributed by atoms with van der Waals surface area (Å²) < 4.78 is 5.70. The maximum absolute atomic E-state index is 5.70. The monoisotopic (exact) mass is 241 g/mol. The van der Waals surface area contributed by atoms with Crippen molar-refractivity contribution in [3.8, 4) is 0 Å². The molecule has 2 nitrogen and oxygen atoms in total. The van der Waals surface area contributed by atoms with E-state index in [1.165, 1.54) is 5.71 Å². The highest BCUT2D eigenvalue weighted by molar-refractivity contribution is 5.89. The van der Waals surface area contributed by atoms with Gasteiger partial charge in [-0.15, -0.1) is 0 Å². The first-order valence-electron chi connectivity index (χ1n) is 6.74. The lowest BCUT2D eigenvalue weighted by Gasteiger charge is -2.35. The fourth-order valence-corrected chi connectivity index (χ4v) is 1.96. The average Bonchev–Trinajstić information content (AvgIpc) is 2.29. The second-order valence-electron chi connectivity index (χ2n) is 6.18. The van der Waals surface area contributed by atoms with Crippen molar-refractivity contribution in [2.75, 3.05) is 14.2 Å². The van der Waals surface area contributed by atoms with E-state index in [1.807, 2.05) is 14.2 Å². The molecule has 0 aliphatic heterocycles. The van der Waals surface area contributed by atoms with Gasteiger partial charge in [0.1, 0.15) is 0 Å². The highest BCUT2D eigenvalue weighted by Gasteiger charge is 2.32. The van der Waals surface area contributed by atoms with Crippen LogP contribution in [0.5, 0.6) is 0 Å². The Bertz CT molecular complexity index is 254. The second kappa shape index (κ2) is 6.53. The van der Waals surface area contributed by atoms with E-state index in [0.717, 1.165) is 19.3 Å². The molecule has 0 amide bonds. The smallest absolute Gasteiger partial charge is 0.0674 e. The van der Waals surface area contributed by atoms with Crippen LogP contribution in [0.4, 0.5) is 0 Å². The quantitative estimate of drug-likeness (QED) is 0.608. The van der Waals surface area contributed by atoms with Gasteiger partial charge >= 0.3 is 0 Å². The summed E-state index contributed by atoms with van der Waals surface area (Å²) in [5, 5.41) is 0. The van der Waals surface area contributed by atoms with Crippen molar-refractivity contribution < 1.29 is 4.74 Å². The molecular formula is C15H31NO. The van der Waals surface area contributed by atoms with E-state index in [0.29, 0.717) is 0 Å². The Morgan fingerprint density at radius 3 is 1.94 bits per heavy atom. The minimum atomic E-state index is 0.176. The van der Waals surface area contributed by atoms with Crippen molar-refractivity contribution in [3.63, 3.8) is 0 Å². The fraction of sp³-hybridized carbons (Fsp3) is 0.933. The molecule has 0 saturated heterocycles. The molecule has 0 heterocycles. The zero-order valence-electron chi connectivity index (χ0n) is 13.1. The maximum atomic E-state index is 5.70. The summed E-state index contributed by atoms with van der Waals surface area (Å²) in [4.78, 5) is 4.50. The first kappa shape index (κ1) is 16.6. The standard InChI is InChI=1S/C15H31NO/c1-9-14(3,4)12(16-7)11-13(17-8)15(5,6)10-2/h13H,9-11H2,1-8H3/b16-12+. The van der Waals surface area contributed by atoms with Crippen LogP contribution < -0.4 is 0 Å². The molecule has 0 aliphatic rings. The Hall–Kier alpha value is -0.370. The third-order valence-corrected chi connectivity index (χ3v) is 4.38. The number of aliphatic imine (C=N–C) groups is 1. The van der Waals surface area contributed by atoms with Crippen molar-refractivity contribution in [1.82, 2.24) is 0 Å². The fourth-order valence-electron chi connectivity index (χ4n) is 1.96. The van der Waals surface area contributed by atoms with Crippen LogP contribution in [0.25, 0.3) is 0 Å². The maximum Gasteiger partial charge on any atom is 0.0674 e. The zero-order chi connectivity index (χ0) is 13.7. The first-order valence-corrected chi connectivity index (χ1v) is 6.74. The number of nitrogens with zero attached hydrogens (tertiary/aromatic N) is 1. The molecule has 0 spiro atoms. The van der Waals surface area contributed by atoms with E-state index in [4.69, 9.17) is 4.74 Å². The topological polar surface area (TPSA) is 21.6 Å². The molecule has 0 aliphatic carbocycles. The largest absolute Gasteiger partial charge is 0.381 e. The summed E-state index contributed by atoms with van der Waals surface area (Å²) in [6.07, 6.45) is 3.42. The van der Waals surface area contributed by atoms with Crippen LogP contribution in [-0.4, -0.2) is 26.0 Å². The van der Waals surface area contributed by atoms with Gasteiger partial charge in [0.2, 0.25) is 0 Å². The minimum absolute atomic E-state index is 0.176. The SMILES string of the molecule is CCC(C)(C)/C(CC(OC)C(C)(C)CC)=N/C. The third kappa shape index (κ3) is 4.42. The van der Waals surface area contributed by atoms with Gasteiger partial charge in [-0.25, -0.2) is 0 Å². The summed E-state index contributed by atoms with van der Waals surface area (Å²) >= 11 is 0. The van der Waals surface area contributed by atoms with Gasteiger partial charge in [0.15, 0.2) is 0 Å². The molecule has 0 aromatic carbocycles. The van der Waals surface area contributed by atoms with E-state index in [2.05, 4.69) is 46.5 Å². The molecule has 2 heteroatoms. The summed E-state index contributed by atoms with van der Waals surface area (Å²) in [7, 11) is 3.71. The molecule has 102 valence electrons. The number of rotatable bonds is 7. The van der Waals surface area contributed by atoms with Crippen molar-refractivity contribution in [2.24, 2.45) is 15.8 Å². The van der Waals surface area contributed by atoms with Gasteiger partial charge in [0, 0.05) is 31.7 Å². The van der Waals surface area contributed by atoms with Crippen LogP contribution in [0.3, 0.4) is 0 Å². The van der Waals surface area contributed by atoms with Crippen molar-refractivity contribution in [1.29, 1.82) is 0 Å². The Kier molecular flexibility index (Phi) is 6.39. The van der Waals surface area contributed by atoms with Gasteiger partial charge in [0.25, 0.3) is 0 Å². The van der Waals surface area contributed by atoms with Crippen molar-refractivity contribution in [2.45, 2.75) is 66.9 Å². The summed E-state index contributed by atoms with van der Waals surface area (Å²) in [5.74, 6) is 0. The zero-order valence-corrected chi connectivity index (χ0v) is 13.1. The molecular weight excluding hydrogens is 210 g/mol. The van der Waals surface area contributed by atoms with Crippen LogP contribution in [0.15, 0.2) is 4.99 Å². The number of ether oxygens (including phenoxy) is 1. The molecule has 0 rings (SSSR count). The van der Waals surface area contributed by atoms with E-state index in [9.17, 15) is 0 Å². The molecule has 17 heavy (non-hydrogen) atoms. The summed E-state index contributed by atoms with van der Waals surface area (Å²) in [6, 6.07) is 0. The Morgan fingerprint density at radius 1 is 1.12 bits per heavy atom. The van der Waals surface area contributed by atoms with Gasteiger partial charge in [-0.1, -0.05) is 41.5 Å². The van der Waals surface area contributed by atoms with E-state index >= 15 is 0 Å². The van der Waals surface area contributed by atoms with E-state index in [-0.39, 0.29) is 16.9 Å². The highest BCUT2D eigenvalue weighted by Crippen LogP contribution is 2.33. The van der Waals surface area contributed by atoms with Crippen LogP contribution in [0, 0.1) is 10.8 Å². The van der Waals surface area contributed by atoms with Gasteiger partial charge < -0.3 is 4.74 Å².